The van der Waals surface area contributed by atoms with Gasteiger partial charge in [0.1, 0.15) is 0 Å². The topological polar surface area (TPSA) is 89.3 Å². The van der Waals surface area contributed by atoms with Crippen molar-refractivity contribution in [2.24, 2.45) is 5.73 Å². The zero-order valence-electron chi connectivity index (χ0n) is 10.3. The van der Waals surface area contributed by atoms with Crippen molar-refractivity contribution < 1.29 is 13.2 Å². The summed E-state index contributed by atoms with van der Waals surface area (Å²) in [5.74, 6) is -0.660. The van der Waals surface area contributed by atoms with E-state index in [1.54, 1.807) is 18.2 Å². The van der Waals surface area contributed by atoms with Gasteiger partial charge in [-0.3, -0.25) is 4.79 Å². The van der Waals surface area contributed by atoms with Crippen LogP contribution in [0, 0.1) is 0 Å². The lowest BCUT2D eigenvalue weighted by Gasteiger charge is -2.12. The number of carbonyl (C=O) groups is 1. The van der Waals surface area contributed by atoms with Crippen LogP contribution in [-0.4, -0.2) is 20.4 Å². The summed E-state index contributed by atoms with van der Waals surface area (Å²) in [4.78, 5) is 11.7. The molecule has 0 aliphatic carbocycles. The van der Waals surface area contributed by atoms with Gasteiger partial charge in [-0.2, -0.15) is 0 Å². The average molecular weight is 270 g/mol. The van der Waals surface area contributed by atoms with E-state index in [9.17, 15) is 13.2 Å². The maximum Gasteiger partial charge on any atom is 0.264 e. The molecule has 0 fully saturated rings. The average Bonchev–Trinajstić information content (AvgIpc) is 2.36. The molecule has 18 heavy (non-hydrogen) atoms. The van der Waals surface area contributed by atoms with Gasteiger partial charge in [0.15, 0.2) is 0 Å². The first-order valence-electron chi connectivity index (χ1n) is 5.84. The predicted molar refractivity (Wildman–Crippen MR) is 69.3 cm³/mol. The summed E-state index contributed by atoms with van der Waals surface area (Å²) < 4.78 is 25.7. The van der Waals surface area contributed by atoms with E-state index in [1.165, 1.54) is 12.1 Å². The van der Waals surface area contributed by atoms with E-state index in [0.29, 0.717) is 6.42 Å². The highest BCUT2D eigenvalue weighted by molar-refractivity contribution is 7.90. The van der Waals surface area contributed by atoms with E-state index in [-0.39, 0.29) is 4.90 Å². The van der Waals surface area contributed by atoms with Crippen molar-refractivity contribution in [3.8, 4) is 0 Å². The molecular formula is C12H18N2O3S. The van der Waals surface area contributed by atoms with Gasteiger partial charge < -0.3 is 5.73 Å². The first kappa shape index (κ1) is 14.7. The lowest BCUT2D eigenvalue weighted by atomic mass is 10.1. The third-order valence-corrected chi connectivity index (χ3v) is 3.86. The molecule has 1 aromatic rings. The van der Waals surface area contributed by atoms with Crippen LogP contribution in [-0.2, 0) is 14.8 Å². The molecule has 0 saturated carbocycles. The molecule has 1 aromatic carbocycles. The zero-order valence-corrected chi connectivity index (χ0v) is 11.1. The van der Waals surface area contributed by atoms with Gasteiger partial charge in [-0.1, -0.05) is 38.0 Å². The van der Waals surface area contributed by atoms with Crippen molar-refractivity contribution in [2.75, 3.05) is 0 Å². The Balaban J connectivity index is 2.70. The summed E-state index contributed by atoms with van der Waals surface area (Å²) in [5.41, 5.74) is 5.61. The number of sulfonamides is 1. The van der Waals surface area contributed by atoms with Crippen molar-refractivity contribution in [1.29, 1.82) is 0 Å². The Morgan fingerprint density at radius 1 is 1.33 bits per heavy atom. The zero-order chi connectivity index (χ0) is 13.6. The number of nitrogens with two attached hydrogens (primary N) is 1. The van der Waals surface area contributed by atoms with Crippen molar-refractivity contribution in [3.63, 3.8) is 0 Å². The Morgan fingerprint density at radius 3 is 2.50 bits per heavy atom. The number of unbranched alkanes of at least 4 members (excludes halogenated alkanes) is 1. The molecule has 5 nitrogen and oxygen atoms in total. The molecule has 3 N–H and O–H groups in total. The van der Waals surface area contributed by atoms with E-state index in [1.807, 2.05) is 11.6 Å². The molecule has 0 aliphatic rings. The van der Waals surface area contributed by atoms with Crippen LogP contribution in [0.5, 0.6) is 0 Å². The highest BCUT2D eigenvalue weighted by Gasteiger charge is 2.21. The molecule has 1 rings (SSSR count). The molecule has 6 heteroatoms. The lowest BCUT2D eigenvalue weighted by Crippen LogP contribution is -2.43. The second-order valence-electron chi connectivity index (χ2n) is 4.03. The predicted octanol–water partition coefficient (Wildman–Crippen LogP) is 1.01. The van der Waals surface area contributed by atoms with Gasteiger partial charge in [-0.25, -0.2) is 13.1 Å². The van der Waals surface area contributed by atoms with E-state index in [0.717, 1.165) is 12.8 Å². The Labute approximate surface area is 107 Å². The highest BCUT2D eigenvalue weighted by atomic mass is 32.2. The Morgan fingerprint density at radius 2 is 1.94 bits per heavy atom. The van der Waals surface area contributed by atoms with Crippen LogP contribution in [0.2, 0.25) is 0 Å². The van der Waals surface area contributed by atoms with Crippen LogP contribution in [0.1, 0.15) is 26.2 Å². The lowest BCUT2D eigenvalue weighted by molar-refractivity contribution is -0.120. The molecule has 0 saturated heterocycles. The van der Waals surface area contributed by atoms with Gasteiger partial charge in [-0.15, -0.1) is 0 Å². The molecule has 0 heterocycles. The number of amides is 1. The maximum atomic E-state index is 11.8. The van der Waals surface area contributed by atoms with E-state index >= 15 is 0 Å². The summed E-state index contributed by atoms with van der Waals surface area (Å²) in [5, 5.41) is 0. The minimum absolute atomic E-state index is 0.0565. The smallest absolute Gasteiger partial charge is 0.264 e. The number of rotatable bonds is 6. The van der Waals surface area contributed by atoms with Crippen molar-refractivity contribution >= 4 is 15.9 Å². The van der Waals surface area contributed by atoms with Crippen LogP contribution >= 0.6 is 0 Å². The minimum atomic E-state index is -3.81. The monoisotopic (exact) mass is 270 g/mol. The second kappa shape index (κ2) is 6.51. The molecule has 100 valence electrons. The molecule has 1 amide bonds. The minimum Gasteiger partial charge on any atom is -0.320 e. The van der Waals surface area contributed by atoms with Gasteiger partial charge in [-0.05, 0) is 18.6 Å². The molecule has 0 bridgehead atoms. The maximum absolute atomic E-state index is 11.8. The number of carbonyl (C=O) groups excluding carboxylic acids is 1. The van der Waals surface area contributed by atoms with E-state index in [4.69, 9.17) is 5.73 Å². The van der Waals surface area contributed by atoms with Crippen LogP contribution in [0.3, 0.4) is 0 Å². The van der Waals surface area contributed by atoms with E-state index < -0.39 is 22.0 Å². The van der Waals surface area contributed by atoms with Gasteiger partial charge in [0.25, 0.3) is 15.9 Å². The quantitative estimate of drug-likeness (QED) is 0.807. The number of hydrogen-bond donors (Lipinski definition) is 2. The fraction of sp³-hybridized carbons (Fsp3) is 0.417. The molecule has 1 atom stereocenters. The summed E-state index contributed by atoms with van der Waals surface area (Å²) in [6.45, 7) is 1.98. The summed E-state index contributed by atoms with van der Waals surface area (Å²) in [6.07, 6.45) is 2.18. The van der Waals surface area contributed by atoms with Crippen molar-refractivity contribution in [2.45, 2.75) is 37.1 Å². The summed E-state index contributed by atoms with van der Waals surface area (Å²) in [7, 11) is -3.81. The molecule has 0 radical (unpaired) electrons. The third-order valence-electron chi connectivity index (χ3n) is 2.49. The first-order chi connectivity index (χ1) is 8.47. The van der Waals surface area contributed by atoms with Crippen LogP contribution in [0.15, 0.2) is 35.2 Å². The number of nitrogens with one attached hydrogen (secondary N) is 1. The van der Waals surface area contributed by atoms with Crippen LogP contribution in [0.25, 0.3) is 0 Å². The first-order valence-corrected chi connectivity index (χ1v) is 7.33. The third kappa shape index (κ3) is 4.12. The Hall–Kier alpha value is -1.40. The Kier molecular flexibility index (Phi) is 5.30. The van der Waals surface area contributed by atoms with Gasteiger partial charge in [0.05, 0.1) is 10.9 Å². The molecule has 0 aromatic heterocycles. The fourth-order valence-electron chi connectivity index (χ4n) is 1.42. The fourth-order valence-corrected chi connectivity index (χ4v) is 2.47. The largest absolute Gasteiger partial charge is 0.320 e. The normalized spacial score (nSPS) is 13.0. The summed E-state index contributed by atoms with van der Waals surface area (Å²) in [6, 6.07) is 6.95. The highest BCUT2D eigenvalue weighted by Crippen LogP contribution is 2.07. The van der Waals surface area contributed by atoms with Crippen molar-refractivity contribution in [3.05, 3.63) is 30.3 Å². The number of hydrogen-bond acceptors (Lipinski definition) is 4. The number of benzene rings is 1. The van der Waals surface area contributed by atoms with Gasteiger partial charge in [0.2, 0.25) is 0 Å². The standard InChI is InChI=1S/C12H18N2O3S/c1-2-3-9-11(13)12(15)14-18(16,17)10-7-5-4-6-8-10/h4-8,11H,2-3,9,13H2,1H3,(H,14,15). The van der Waals surface area contributed by atoms with Gasteiger partial charge >= 0.3 is 0 Å². The Bertz CT molecular complexity index is 485. The van der Waals surface area contributed by atoms with Crippen molar-refractivity contribution in [1.82, 2.24) is 4.72 Å². The van der Waals surface area contributed by atoms with Crippen LogP contribution in [0.4, 0.5) is 0 Å². The molecule has 0 spiro atoms. The molecule has 1 unspecified atom stereocenters. The van der Waals surface area contributed by atoms with E-state index in [2.05, 4.69) is 0 Å². The van der Waals surface area contributed by atoms with Crippen LogP contribution < -0.4 is 10.5 Å². The SMILES string of the molecule is CCCCC(N)C(=O)NS(=O)(=O)c1ccccc1. The summed E-state index contributed by atoms with van der Waals surface area (Å²) >= 11 is 0. The molecular weight excluding hydrogens is 252 g/mol. The second-order valence-corrected chi connectivity index (χ2v) is 5.71. The van der Waals surface area contributed by atoms with Gasteiger partial charge in [0, 0.05) is 0 Å². The molecule has 0 aliphatic heterocycles.